The third kappa shape index (κ3) is 8.91. The Morgan fingerprint density at radius 3 is 0.500 bits per heavy atom. The van der Waals surface area contributed by atoms with Crippen LogP contribution in [0.3, 0.4) is 0 Å². The SMILES string of the molecule is [Ba+2].[Ba+2].[O-2].[O-2]. The summed E-state index contributed by atoms with van der Waals surface area (Å²) in [7, 11) is 0. The van der Waals surface area contributed by atoms with Gasteiger partial charge >= 0.3 is 97.8 Å². The second kappa shape index (κ2) is 16.6. The van der Waals surface area contributed by atoms with Crippen molar-refractivity contribution in [3.05, 3.63) is 0 Å². The number of hydrogen-bond donors (Lipinski definition) is 0. The van der Waals surface area contributed by atoms with E-state index in [-0.39, 0.29) is 109 Å². The molecule has 0 saturated carbocycles. The molecule has 0 bridgehead atoms. The molecule has 4 heavy (non-hydrogen) atoms. The van der Waals surface area contributed by atoms with Crippen molar-refractivity contribution < 1.29 is 11.0 Å². The second-order valence-corrected chi connectivity index (χ2v) is 0. The van der Waals surface area contributed by atoms with Crippen molar-refractivity contribution in [3.8, 4) is 0 Å². The summed E-state index contributed by atoms with van der Waals surface area (Å²) < 4.78 is 0. The van der Waals surface area contributed by atoms with Gasteiger partial charge in [0.25, 0.3) is 0 Å². The van der Waals surface area contributed by atoms with Gasteiger partial charge < -0.3 is 11.0 Å². The molecule has 0 rings (SSSR count). The van der Waals surface area contributed by atoms with Gasteiger partial charge in [0.2, 0.25) is 0 Å². The summed E-state index contributed by atoms with van der Waals surface area (Å²) in [5.74, 6) is 0. The summed E-state index contributed by atoms with van der Waals surface area (Å²) in [5, 5.41) is 0. The van der Waals surface area contributed by atoms with Gasteiger partial charge in [-0.2, -0.15) is 0 Å². The van der Waals surface area contributed by atoms with Crippen molar-refractivity contribution >= 4 is 97.8 Å². The van der Waals surface area contributed by atoms with Crippen molar-refractivity contribution in [2.24, 2.45) is 0 Å². The van der Waals surface area contributed by atoms with E-state index in [1.807, 2.05) is 0 Å². The minimum atomic E-state index is 0. The van der Waals surface area contributed by atoms with Crippen LogP contribution < -0.4 is 0 Å². The zero-order valence-corrected chi connectivity index (χ0v) is 11.1. The van der Waals surface area contributed by atoms with Gasteiger partial charge in [0.05, 0.1) is 0 Å². The Hall–Kier alpha value is 3.06. The van der Waals surface area contributed by atoms with E-state index in [1.54, 1.807) is 0 Å². The van der Waals surface area contributed by atoms with Gasteiger partial charge in [-0.25, -0.2) is 0 Å². The minimum Gasteiger partial charge on any atom is -2.00 e. The van der Waals surface area contributed by atoms with E-state index in [0.29, 0.717) is 0 Å². The Balaban J connectivity index is 0. The average Bonchev–Trinajstić information content (AvgIpc) is 0. The average molecular weight is 307 g/mol. The van der Waals surface area contributed by atoms with E-state index in [0.717, 1.165) is 0 Å². The van der Waals surface area contributed by atoms with E-state index in [2.05, 4.69) is 0 Å². The van der Waals surface area contributed by atoms with Crippen molar-refractivity contribution in [2.45, 2.75) is 0 Å². The molecule has 0 aliphatic carbocycles. The molecular formula is Ba2O2. The summed E-state index contributed by atoms with van der Waals surface area (Å²) in [6.07, 6.45) is 0. The van der Waals surface area contributed by atoms with Crippen molar-refractivity contribution in [1.29, 1.82) is 0 Å². The Morgan fingerprint density at radius 2 is 0.500 bits per heavy atom. The van der Waals surface area contributed by atoms with E-state index in [4.69, 9.17) is 0 Å². The minimum absolute atomic E-state index is 0. The molecule has 0 saturated heterocycles. The van der Waals surface area contributed by atoms with Crippen LogP contribution in [0, 0.1) is 0 Å². The van der Waals surface area contributed by atoms with Crippen LogP contribution in [-0.2, 0) is 11.0 Å². The molecule has 0 N–H and O–H groups in total. The molecule has 0 aromatic rings. The monoisotopic (exact) mass is 308 g/mol. The van der Waals surface area contributed by atoms with Gasteiger partial charge in [0.1, 0.15) is 0 Å². The fourth-order valence-corrected chi connectivity index (χ4v) is 0. The molecule has 16 valence electrons. The van der Waals surface area contributed by atoms with Crippen LogP contribution in [0.25, 0.3) is 0 Å². The van der Waals surface area contributed by atoms with Crippen LogP contribution in [0.2, 0.25) is 0 Å². The summed E-state index contributed by atoms with van der Waals surface area (Å²) in [6.45, 7) is 0. The largest absolute Gasteiger partial charge is 2.00 e. The Bertz CT molecular complexity index is 4.00. The first-order chi connectivity index (χ1) is 0. The van der Waals surface area contributed by atoms with Gasteiger partial charge in [0, 0.05) is 0 Å². The molecule has 0 aliphatic rings. The number of hydrogen-bond acceptors (Lipinski definition) is 0. The normalized spacial score (nSPS) is 0. The van der Waals surface area contributed by atoms with Gasteiger partial charge in [-0.3, -0.25) is 0 Å². The topological polar surface area (TPSA) is 57.0 Å². The van der Waals surface area contributed by atoms with Crippen molar-refractivity contribution in [1.82, 2.24) is 0 Å². The fourth-order valence-electron chi connectivity index (χ4n) is 0. The van der Waals surface area contributed by atoms with E-state index < -0.39 is 0 Å². The van der Waals surface area contributed by atoms with Crippen LogP contribution in [0.4, 0.5) is 0 Å². The molecule has 0 heterocycles. The van der Waals surface area contributed by atoms with E-state index in [1.165, 1.54) is 0 Å². The third-order valence-electron chi connectivity index (χ3n) is 0. The molecule has 0 radical (unpaired) electrons. The van der Waals surface area contributed by atoms with Crippen molar-refractivity contribution in [3.63, 3.8) is 0 Å². The smallest absolute Gasteiger partial charge is 2.00 e. The first-order valence-corrected chi connectivity index (χ1v) is 0. The molecule has 0 unspecified atom stereocenters. The summed E-state index contributed by atoms with van der Waals surface area (Å²) in [5.41, 5.74) is 0. The summed E-state index contributed by atoms with van der Waals surface area (Å²) in [6, 6.07) is 0. The second-order valence-electron chi connectivity index (χ2n) is 0. The third-order valence-corrected chi connectivity index (χ3v) is 0. The van der Waals surface area contributed by atoms with Gasteiger partial charge in [0.15, 0.2) is 0 Å². The quantitative estimate of drug-likeness (QED) is 0.516. The van der Waals surface area contributed by atoms with E-state index >= 15 is 0 Å². The molecule has 0 fully saturated rings. The van der Waals surface area contributed by atoms with Crippen LogP contribution in [0.1, 0.15) is 0 Å². The maximum Gasteiger partial charge on any atom is 2.00 e. The van der Waals surface area contributed by atoms with E-state index in [9.17, 15) is 0 Å². The Morgan fingerprint density at radius 1 is 0.500 bits per heavy atom. The molecule has 0 aromatic carbocycles. The molecule has 0 spiro atoms. The van der Waals surface area contributed by atoms with Gasteiger partial charge in [-0.05, 0) is 0 Å². The first kappa shape index (κ1) is 27.7. The molecule has 4 heteroatoms. The summed E-state index contributed by atoms with van der Waals surface area (Å²) >= 11 is 0. The molecule has 0 aliphatic heterocycles. The Labute approximate surface area is 105 Å². The van der Waals surface area contributed by atoms with Crippen LogP contribution in [0.15, 0.2) is 0 Å². The molecule has 0 amide bonds. The Kier molecular flexibility index (Phi) is 115. The molecule has 0 aromatic heterocycles. The zero-order valence-electron chi connectivity index (χ0n) is 2.23. The number of rotatable bonds is 0. The predicted octanol–water partition coefficient (Wildman–Crippen LogP) is -0.999. The van der Waals surface area contributed by atoms with Crippen LogP contribution in [0.5, 0.6) is 0 Å². The zero-order chi connectivity index (χ0) is 0. The summed E-state index contributed by atoms with van der Waals surface area (Å²) in [4.78, 5) is 0. The standard InChI is InChI=1S/2Ba.2O/q2*+2;2*-2. The fraction of sp³-hybridized carbons (Fsp3) is 0. The molecular weight excluding hydrogens is 307 g/mol. The first-order valence-electron chi connectivity index (χ1n) is 0. The molecule has 0 atom stereocenters. The van der Waals surface area contributed by atoms with Crippen molar-refractivity contribution in [2.75, 3.05) is 0 Å². The van der Waals surface area contributed by atoms with Gasteiger partial charge in [-0.1, -0.05) is 0 Å². The maximum absolute atomic E-state index is 0. The van der Waals surface area contributed by atoms with Crippen LogP contribution in [-0.4, -0.2) is 97.8 Å². The predicted molar refractivity (Wildman–Crippen MR) is 12.9 cm³/mol. The molecule has 2 nitrogen and oxygen atoms in total. The van der Waals surface area contributed by atoms with Crippen LogP contribution >= 0.6 is 0 Å². The van der Waals surface area contributed by atoms with Gasteiger partial charge in [-0.15, -0.1) is 0 Å². The maximum atomic E-state index is 0.